The van der Waals surface area contributed by atoms with Gasteiger partial charge in [0.1, 0.15) is 5.82 Å². The molecule has 0 radical (unpaired) electrons. The number of halogens is 1. The van der Waals surface area contributed by atoms with Crippen LogP contribution in [0.2, 0.25) is 0 Å². The van der Waals surface area contributed by atoms with Crippen molar-refractivity contribution >= 4 is 5.69 Å². The van der Waals surface area contributed by atoms with Crippen LogP contribution in [0, 0.1) is 12.7 Å². The van der Waals surface area contributed by atoms with Gasteiger partial charge in [0.25, 0.3) is 0 Å². The zero-order chi connectivity index (χ0) is 10.7. The fourth-order valence-electron chi connectivity index (χ4n) is 2.20. The van der Waals surface area contributed by atoms with Gasteiger partial charge in [0.15, 0.2) is 0 Å². The summed E-state index contributed by atoms with van der Waals surface area (Å²) in [5.74, 6) is -0.124. The summed E-state index contributed by atoms with van der Waals surface area (Å²) in [6, 6.07) is 5.86. The van der Waals surface area contributed by atoms with Crippen molar-refractivity contribution < 1.29 is 4.39 Å². The molecule has 0 aromatic heterocycles. The lowest BCUT2D eigenvalue weighted by Crippen LogP contribution is -2.22. The summed E-state index contributed by atoms with van der Waals surface area (Å²) in [4.78, 5) is 0. The van der Waals surface area contributed by atoms with E-state index in [0.29, 0.717) is 11.7 Å². The quantitative estimate of drug-likeness (QED) is 0.776. The average molecular weight is 207 g/mol. The van der Waals surface area contributed by atoms with Gasteiger partial charge in [-0.1, -0.05) is 25.3 Å². The maximum Gasteiger partial charge on any atom is 0.146 e. The van der Waals surface area contributed by atoms with Gasteiger partial charge < -0.3 is 5.32 Å². The monoisotopic (exact) mass is 207 g/mol. The van der Waals surface area contributed by atoms with E-state index in [4.69, 9.17) is 0 Å². The standard InChI is InChI=1S/C13H18FN/c1-10-7-8-13(12(14)9-10)15-11-5-3-2-4-6-11/h7-9,11,15H,2-6H2,1H3. The molecule has 0 unspecified atom stereocenters. The molecule has 0 saturated heterocycles. The van der Waals surface area contributed by atoms with Crippen LogP contribution in [0.3, 0.4) is 0 Å². The molecule has 2 rings (SSSR count). The van der Waals surface area contributed by atoms with E-state index in [0.717, 1.165) is 5.56 Å². The normalized spacial score (nSPS) is 17.7. The molecular formula is C13H18FN. The third-order valence-electron chi connectivity index (χ3n) is 3.09. The second kappa shape index (κ2) is 4.65. The number of hydrogen-bond donors (Lipinski definition) is 1. The van der Waals surface area contributed by atoms with E-state index >= 15 is 0 Å². The van der Waals surface area contributed by atoms with Crippen LogP contribution in [0.4, 0.5) is 10.1 Å². The van der Waals surface area contributed by atoms with Crippen LogP contribution < -0.4 is 5.32 Å². The van der Waals surface area contributed by atoms with Crippen LogP contribution in [0.5, 0.6) is 0 Å². The molecule has 1 nitrogen and oxygen atoms in total. The molecule has 0 atom stereocenters. The third-order valence-corrected chi connectivity index (χ3v) is 3.09. The molecule has 0 heterocycles. The molecule has 1 saturated carbocycles. The molecule has 1 aromatic rings. The number of benzene rings is 1. The van der Waals surface area contributed by atoms with Gasteiger partial charge in [0, 0.05) is 6.04 Å². The highest BCUT2D eigenvalue weighted by Gasteiger charge is 2.14. The zero-order valence-corrected chi connectivity index (χ0v) is 9.22. The number of nitrogens with one attached hydrogen (secondary N) is 1. The Kier molecular flexibility index (Phi) is 3.24. The number of rotatable bonds is 2. The first-order valence-electron chi connectivity index (χ1n) is 5.78. The van der Waals surface area contributed by atoms with E-state index in [-0.39, 0.29) is 5.82 Å². The fourth-order valence-corrected chi connectivity index (χ4v) is 2.20. The highest BCUT2D eigenvalue weighted by molar-refractivity contribution is 5.46. The van der Waals surface area contributed by atoms with Crippen molar-refractivity contribution in [1.29, 1.82) is 0 Å². The number of anilines is 1. The molecule has 1 aliphatic rings. The fraction of sp³-hybridized carbons (Fsp3) is 0.538. The van der Waals surface area contributed by atoms with E-state index in [2.05, 4.69) is 5.32 Å². The van der Waals surface area contributed by atoms with Crippen molar-refractivity contribution in [3.8, 4) is 0 Å². The van der Waals surface area contributed by atoms with Crippen LogP contribution >= 0.6 is 0 Å². The van der Waals surface area contributed by atoms with Crippen LogP contribution in [0.15, 0.2) is 18.2 Å². The lowest BCUT2D eigenvalue weighted by molar-refractivity contribution is 0.460. The molecular weight excluding hydrogens is 189 g/mol. The predicted octanol–water partition coefficient (Wildman–Crippen LogP) is 3.88. The molecule has 1 aliphatic carbocycles. The smallest absolute Gasteiger partial charge is 0.146 e. The second-order valence-corrected chi connectivity index (χ2v) is 4.46. The molecule has 0 aliphatic heterocycles. The van der Waals surface area contributed by atoms with Gasteiger partial charge >= 0.3 is 0 Å². The van der Waals surface area contributed by atoms with Gasteiger partial charge in [-0.3, -0.25) is 0 Å². The third kappa shape index (κ3) is 2.71. The molecule has 2 heteroatoms. The molecule has 15 heavy (non-hydrogen) atoms. The summed E-state index contributed by atoms with van der Waals surface area (Å²) in [6.45, 7) is 1.91. The van der Waals surface area contributed by atoms with Gasteiger partial charge in [-0.25, -0.2) is 4.39 Å². The highest BCUT2D eigenvalue weighted by Crippen LogP contribution is 2.23. The van der Waals surface area contributed by atoms with Crippen molar-refractivity contribution in [2.24, 2.45) is 0 Å². The second-order valence-electron chi connectivity index (χ2n) is 4.46. The van der Waals surface area contributed by atoms with Crippen LogP contribution in [0.1, 0.15) is 37.7 Å². The Morgan fingerprint density at radius 2 is 1.93 bits per heavy atom. The Labute approximate surface area is 90.7 Å². The Morgan fingerprint density at radius 3 is 2.60 bits per heavy atom. The maximum atomic E-state index is 13.5. The van der Waals surface area contributed by atoms with Gasteiger partial charge in [0.2, 0.25) is 0 Å². The maximum absolute atomic E-state index is 13.5. The van der Waals surface area contributed by atoms with Crippen molar-refractivity contribution in [3.63, 3.8) is 0 Å². The summed E-state index contributed by atoms with van der Waals surface area (Å²) in [5, 5.41) is 3.30. The van der Waals surface area contributed by atoms with E-state index in [1.807, 2.05) is 19.1 Å². The SMILES string of the molecule is Cc1ccc(NC2CCCCC2)c(F)c1. The van der Waals surface area contributed by atoms with Gasteiger partial charge in [-0.05, 0) is 37.5 Å². The van der Waals surface area contributed by atoms with Crippen molar-refractivity contribution in [2.75, 3.05) is 5.32 Å². The Balaban J connectivity index is 2.03. The number of aryl methyl sites for hydroxylation is 1. The predicted molar refractivity (Wildman–Crippen MR) is 61.6 cm³/mol. The number of hydrogen-bond acceptors (Lipinski definition) is 1. The Bertz CT molecular complexity index is 329. The minimum atomic E-state index is -0.124. The van der Waals surface area contributed by atoms with Crippen LogP contribution in [0.25, 0.3) is 0 Å². The van der Waals surface area contributed by atoms with Crippen molar-refractivity contribution in [3.05, 3.63) is 29.6 Å². The molecule has 82 valence electrons. The first kappa shape index (κ1) is 10.5. The summed E-state index contributed by atoms with van der Waals surface area (Å²) >= 11 is 0. The first-order valence-corrected chi connectivity index (χ1v) is 5.78. The average Bonchev–Trinajstić information content (AvgIpc) is 2.24. The minimum Gasteiger partial charge on any atom is -0.380 e. The van der Waals surface area contributed by atoms with E-state index in [1.54, 1.807) is 6.07 Å². The summed E-state index contributed by atoms with van der Waals surface area (Å²) in [5.41, 5.74) is 1.63. The lowest BCUT2D eigenvalue weighted by atomic mass is 9.95. The first-order chi connectivity index (χ1) is 7.25. The van der Waals surface area contributed by atoms with Gasteiger partial charge in [0.05, 0.1) is 5.69 Å². The summed E-state index contributed by atoms with van der Waals surface area (Å²) in [7, 11) is 0. The molecule has 0 bridgehead atoms. The summed E-state index contributed by atoms with van der Waals surface area (Å²) in [6.07, 6.45) is 6.21. The minimum absolute atomic E-state index is 0.124. The van der Waals surface area contributed by atoms with Gasteiger partial charge in [-0.15, -0.1) is 0 Å². The van der Waals surface area contributed by atoms with E-state index in [1.165, 1.54) is 32.1 Å². The van der Waals surface area contributed by atoms with Gasteiger partial charge in [-0.2, -0.15) is 0 Å². The summed E-state index contributed by atoms with van der Waals surface area (Å²) < 4.78 is 13.5. The van der Waals surface area contributed by atoms with Crippen LogP contribution in [-0.2, 0) is 0 Å². The Hall–Kier alpha value is -1.05. The Morgan fingerprint density at radius 1 is 1.20 bits per heavy atom. The van der Waals surface area contributed by atoms with Crippen molar-refractivity contribution in [2.45, 2.75) is 45.1 Å². The van der Waals surface area contributed by atoms with E-state index < -0.39 is 0 Å². The topological polar surface area (TPSA) is 12.0 Å². The van der Waals surface area contributed by atoms with Crippen molar-refractivity contribution in [1.82, 2.24) is 0 Å². The van der Waals surface area contributed by atoms with Crippen LogP contribution in [-0.4, -0.2) is 6.04 Å². The highest BCUT2D eigenvalue weighted by atomic mass is 19.1. The molecule has 1 fully saturated rings. The lowest BCUT2D eigenvalue weighted by Gasteiger charge is -2.24. The molecule has 1 N–H and O–H groups in total. The van der Waals surface area contributed by atoms with E-state index in [9.17, 15) is 4.39 Å². The largest absolute Gasteiger partial charge is 0.380 e. The molecule has 1 aromatic carbocycles. The zero-order valence-electron chi connectivity index (χ0n) is 9.22. The molecule has 0 amide bonds. The molecule has 0 spiro atoms.